The summed E-state index contributed by atoms with van der Waals surface area (Å²) in [6, 6.07) is 7.19. The fourth-order valence-corrected chi connectivity index (χ4v) is 3.09. The maximum absolute atomic E-state index is 3.62. The van der Waals surface area contributed by atoms with Crippen LogP contribution in [0.25, 0.3) is 0 Å². The van der Waals surface area contributed by atoms with Crippen LogP contribution in [0, 0.1) is 6.92 Å². The van der Waals surface area contributed by atoms with E-state index in [0.717, 1.165) is 32.6 Å². The molecule has 1 unspecified atom stereocenters. The first-order valence-corrected chi connectivity index (χ1v) is 7.33. The Labute approximate surface area is 117 Å². The average molecular weight is 261 g/mol. The Morgan fingerprint density at radius 3 is 2.89 bits per heavy atom. The van der Waals surface area contributed by atoms with E-state index < -0.39 is 0 Å². The number of para-hydroxylation sites is 1. The molecule has 3 nitrogen and oxygen atoms in total. The van der Waals surface area contributed by atoms with Crippen molar-refractivity contribution >= 4 is 5.69 Å². The lowest BCUT2D eigenvalue weighted by molar-refractivity contribution is 0.241. The summed E-state index contributed by atoms with van der Waals surface area (Å²) < 4.78 is 0. The summed E-state index contributed by atoms with van der Waals surface area (Å²) in [5.41, 5.74) is 4.25. The molecule has 1 aromatic carbocycles. The fourth-order valence-electron chi connectivity index (χ4n) is 3.09. The second-order valence-corrected chi connectivity index (χ2v) is 5.73. The third-order valence-corrected chi connectivity index (χ3v) is 4.04. The van der Waals surface area contributed by atoms with Crippen LogP contribution in [-0.4, -0.2) is 51.2 Å². The summed E-state index contributed by atoms with van der Waals surface area (Å²) in [7, 11) is 4.43. The van der Waals surface area contributed by atoms with Gasteiger partial charge in [-0.1, -0.05) is 25.1 Å². The van der Waals surface area contributed by atoms with Crippen LogP contribution in [0.1, 0.15) is 18.1 Å². The number of likely N-dealkylation sites (N-methyl/N-ethyl adjacent to an activating group) is 2. The Kier molecular flexibility index (Phi) is 4.83. The minimum atomic E-state index is 0.563. The van der Waals surface area contributed by atoms with Crippen molar-refractivity contribution in [1.29, 1.82) is 0 Å². The van der Waals surface area contributed by atoms with Gasteiger partial charge in [-0.05, 0) is 31.5 Å². The van der Waals surface area contributed by atoms with Crippen molar-refractivity contribution in [2.24, 2.45) is 0 Å². The molecule has 1 fully saturated rings. The minimum absolute atomic E-state index is 0.563. The van der Waals surface area contributed by atoms with Crippen molar-refractivity contribution in [1.82, 2.24) is 10.2 Å². The zero-order chi connectivity index (χ0) is 13.8. The van der Waals surface area contributed by atoms with E-state index in [1.165, 1.54) is 16.8 Å². The van der Waals surface area contributed by atoms with E-state index in [1.54, 1.807) is 0 Å². The quantitative estimate of drug-likeness (QED) is 0.893. The smallest absolute Gasteiger partial charge is 0.0426 e. The zero-order valence-corrected chi connectivity index (χ0v) is 12.7. The maximum Gasteiger partial charge on any atom is 0.0426 e. The number of nitrogens with zero attached hydrogens (tertiary/aromatic N) is 2. The predicted octanol–water partition coefficient (Wildman–Crippen LogP) is 1.90. The molecule has 19 heavy (non-hydrogen) atoms. The first-order valence-electron chi connectivity index (χ1n) is 7.33. The molecule has 0 saturated carbocycles. The molecule has 0 aliphatic carbocycles. The Balaban J connectivity index is 2.09. The molecular formula is C16H27N3. The summed E-state index contributed by atoms with van der Waals surface area (Å²) in [5.74, 6) is 0. The normalized spacial score (nSPS) is 20.5. The highest BCUT2D eigenvalue weighted by atomic mass is 15.2. The lowest BCUT2D eigenvalue weighted by atomic mass is 10.0. The van der Waals surface area contributed by atoms with E-state index in [0.29, 0.717) is 6.04 Å². The molecule has 1 aliphatic rings. The van der Waals surface area contributed by atoms with Crippen molar-refractivity contribution in [3.8, 4) is 0 Å². The van der Waals surface area contributed by atoms with Gasteiger partial charge in [-0.15, -0.1) is 0 Å². The van der Waals surface area contributed by atoms with E-state index >= 15 is 0 Å². The third kappa shape index (κ3) is 3.48. The van der Waals surface area contributed by atoms with Crippen LogP contribution in [0.3, 0.4) is 0 Å². The highest BCUT2D eigenvalue weighted by molar-refractivity contribution is 5.59. The first-order chi connectivity index (χ1) is 9.11. The van der Waals surface area contributed by atoms with Crippen molar-refractivity contribution in [2.45, 2.75) is 26.3 Å². The maximum atomic E-state index is 3.62. The SMILES string of the molecule is CCc1cccc(C)c1N(C)CC1CN(C)CCN1. The first kappa shape index (κ1) is 14.4. The van der Waals surface area contributed by atoms with Crippen LogP contribution in [-0.2, 0) is 6.42 Å². The lowest BCUT2D eigenvalue weighted by Crippen LogP contribution is -2.53. The average Bonchev–Trinajstić information content (AvgIpc) is 2.38. The van der Waals surface area contributed by atoms with Gasteiger partial charge in [-0.3, -0.25) is 0 Å². The van der Waals surface area contributed by atoms with Gasteiger partial charge in [0.2, 0.25) is 0 Å². The molecule has 1 aliphatic heterocycles. The van der Waals surface area contributed by atoms with Gasteiger partial charge in [-0.2, -0.15) is 0 Å². The van der Waals surface area contributed by atoms with Crippen LogP contribution in [0.4, 0.5) is 5.69 Å². The van der Waals surface area contributed by atoms with E-state index in [1.807, 2.05) is 0 Å². The summed E-state index contributed by atoms with van der Waals surface area (Å²) in [5, 5.41) is 3.62. The number of aryl methyl sites for hydroxylation is 2. The van der Waals surface area contributed by atoms with Gasteiger partial charge in [0.25, 0.3) is 0 Å². The van der Waals surface area contributed by atoms with Crippen molar-refractivity contribution in [3.63, 3.8) is 0 Å². The summed E-state index contributed by atoms with van der Waals surface area (Å²) in [6.07, 6.45) is 1.10. The lowest BCUT2D eigenvalue weighted by Gasteiger charge is -2.35. The highest BCUT2D eigenvalue weighted by Crippen LogP contribution is 2.24. The number of hydrogen-bond acceptors (Lipinski definition) is 3. The van der Waals surface area contributed by atoms with Gasteiger partial charge in [-0.25, -0.2) is 0 Å². The number of piperazine rings is 1. The second kappa shape index (κ2) is 6.40. The van der Waals surface area contributed by atoms with Crippen LogP contribution in [0.15, 0.2) is 18.2 Å². The number of hydrogen-bond donors (Lipinski definition) is 1. The third-order valence-electron chi connectivity index (χ3n) is 4.04. The Morgan fingerprint density at radius 1 is 1.42 bits per heavy atom. The van der Waals surface area contributed by atoms with Crippen LogP contribution in [0.2, 0.25) is 0 Å². The molecule has 1 atom stereocenters. The number of benzene rings is 1. The van der Waals surface area contributed by atoms with Crippen LogP contribution in [0.5, 0.6) is 0 Å². The molecule has 106 valence electrons. The molecule has 2 rings (SSSR count). The van der Waals surface area contributed by atoms with Crippen molar-refractivity contribution in [3.05, 3.63) is 29.3 Å². The second-order valence-electron chi connectivity index (χ2n) is 5.73. The fraction of sp³-hybridized carbons (Fsp3) is 0.625. The highest BCUT2D eigenvalue weighted by Gasteiger charge is 2.19. The van der Waals surface area contributed by atoms with E-state index in [4.69, 9.17) is 0 Å². The molecule has 1 saturated heterocycles. The van der Waals surface area contributed by atoms with Crippen molar-refractivity contribution in [2.75, 3.05) is 45.2 Å². The minimum Gasteiger partial charge on any atom is -0.373 e. The molecule has 3 heteroatoms. The van der Waals surface area contributed by atoms with Gasteiger partial charge in [0, 0.05) is 45.0 Å². The summed E-state index contributed by atoms with van der Waals surface area (Å²) >= 11 is 0. The number of nitrogens with one attached hydrogen (secondary N) is 1. The monoisotopic (exact) mass is 261 g/mol. The van der Waals surface area contributed by atoms with Crippen LogP contribution >= 0.6 is 0 Å². The predicted molar refractivity (Wildman–Crippen MR) is 83.1 cm³/mol. The van der Waals surface area contributed by atoms with E-state index in [9.17, 15) is 0 Å². The van der Waals surface area contributed by atoms with E-state index in [2.05, 4.69) is 61.3 Å². The Hall–Kier alpha value is -1.06. The molecule has 0 spiro atoms. The summed E-state index contributed by atoms with van der Waals surface area (Å²) in [4.78, 5) is 4.83. The van der Waals surface area contributed by atoms with Crippen LogP contribution < -0.4 is 10.2 Å². The topological polar surface area (TPSA) is 18.5 Å². The molecule has 0 amide bonds. The van der Waals surface area contributed by atoms with Gasteiger partial charge in [0.15, 0.2) is 0 Å². The van der Waals surface area contributed by atoms with Gasteiger partial charge in [0.1, 0.15) is 0 Å². The summed E-state index contributed by atoms with van der Waals surface area (Å²) in [6.45, 7) is 8.91. The van der Waals surface area contributed by atoms with E-state index in [-0.39, 0.29) is 0 Å². The van der Waals surface area contributed by atoms with Crippen molar-refractivity contribution < 1.29 is 0 Å². The van der Waals surface area contributed by atoms with Gasteiger partial charge < -0.3 is 15.1 Å². The number of anilines is 1. The Bertz CT molecular complexity index is 416. The molecule has 1 aromatic rings. The molecular weight excluding hydrogens is 234 g/mol. The van der Waals surface area contributed by atoms with Gasteiger partial charge >= 0.3 is 0 Å². The molecule has 1 heterocycles. The number of rotatable bonds is 4. The molecule has 0 bridgehead atoms. The molecule has 0 aromatic heterocycles. The van der Waals surface area contributed by atoms with Gasteiger partial charge in [0.05, 0.1) is 0 Å². The largest absolute Gasteiger partial charge is 0.373 e. The Morgan fingerprint density at radius 2 is 2.21 bits per heavy atom. The standard InChI is InChI=1S/C16H27N3/c1-5-14-8-6-7-13(2)16(14)19(4)12-15-11-18(3)10-9-17-15/h6-8,15,17H,5,9-12H2,1-4H3. The molecule has 1 N–H and O–H groups in total. The molecule has 0 radical (unpaired) electrons. The zero-order valence-electron chi connectivity index (χ0n) is 12.7.